The Bertz CT molecular complexity index is 212. The Balaban J connectivity index is 2.66. The fourth-order valence-electron chi connectivity index (χ4n) is 1.23. The third-order valence-electron chi connectivity index (χ3n) is 1.80. The van der Waals surface area contributed by atoms with Gasteiger partial charge in [0.1, 0.15) is 0 Å². The average molecular weight is 206 g/mol. The van der Waals surface area contributed by atoms with Crippen molar-refractivity contribution in [3.05, 3.63) is 0 Å². The smallest absolute Gasteiger partial charge is 0.450 e. The van der Waals surface area contributed by atoms with Gasteiger partial charge in [0, 0.05) is 12.8 Å². The molecule has 1 heterocycles. The maximum absolute atomic E-state index is 10.3. The highest BCUT2D eigenvalue weighted by Gasteiger charge is 2.41. The van der Waals surface area contributed by atoms with Crippen LogP contribution in [0, 0.1) is 0 Å². The second-order valence-electron chi connectivity index (χ2n) is 2.76. The van der Waals surface area contributed by atoms with Crippen molar-refractivity contribution in [2.45, 2.75) is 18.6 Å². The molecule has 0 amide bonds. The standard InChI is InChI=1S/C7H10O7/c8-5(9)13-7(14-6(10)11)1-3-12-4-2-7/h1-4H2,(H,8,9)(H,10,11). The number of carbonyl (C=O) groups is 2. The van der Waals surface area contributed by atoms with E-state index in [4.69, 9.17) is 14.9 Å². The van der Waals surface area contributed by atoms with E-state index in [1.165, 1.54) is 0 Å². The van der Waals surface area contributed by atoms with Crippen LogP contribution in [-0.2, 0) is 14.2 Å². The molecular weight excluding hydrogens is 196 g/mol. The third kappa shape index (κ3) is 2.77. The Morgan fingerprint density at radius 1 is 1.07 bits per heavy atom. The number of hydrogen-bond acceptors (Lipinski definition) is 5. The molecule has 1 aliphatic heterocycles. The second-order valence-corrected chi connectivity index (χ2v) is 2.76. The highest BCUT2D eigenvalue weighted by Crippen LogP contribution is 2.26. The van der Waals surface area contributed by atoms with E-state index < -0.39 is 18.1 Å². The minimum atomic E-state index is -1.60. The van der Waals surface area contributed by atoms with Crippen LogP contribution in [0.1, 0.15) is 12.8 Å². The van der Waals surface area contributed by atoms with Crippen LogP contribution in [0.3, 0.4) is 0 Å². The molecule has 80 valence electrons. The minimum absolute atomic E-state index is 0.0750. The van der Waals surface area contributed by atoms with Gasteiger partial charge in [-0.2, -0.15) is 0 Å². The van der Waals surface area contributed by atoms with E-state index in [2.05, 4.69) is 9.47 Å². The number of ether oxygens (including phenoxy) is 3. The summed E-state index contributed by atoms with van der Waals surface area (Å²) in [6, 6.07) is 0. The number of hydrogen-bond donors (Lipinski definition) is 2. The van der Waals surface area contributed by atoms with Gasteiger partial charge in [-0.15, -0.1) is 0 Å². The summed E-state index contributed by atoms with van der Waals surface area (Å²) in [5.41, 5.74) is 0. The molecule has 7 nitrogen and oxygen atoms in total. The van der Waals surface area contributed by atoms with E-state index in [1.807, 2.05) is 0 Å². The molecule has 0 aliphatic carbocycles. The maximum Gasteiger partial charge on any atom is 0.509 e. The van der Waals surface area contributed by atoms with E-state index >= 15 is 0 Å². The van der Waals surface area contributed by atoms with Crippen molar-refractivity contribution in [2.24, 2.45) is 0 Å². The summed E-state index contributed by atoms with van der Waals surface area (Å²) >= 11 is 0. The van der Waals surface area contributed by atoms with Crippen LogP contribution in [0.15, 0.2) is 0 Å². The first-order valence-corrected chi connectivity index (χ1v) is 3.96. The predicted molar refractivity (Wildman–Crippen MR) is 41.0 cm³/mol. The van der Waals surface area contributed by atoms with Gasteiger partial charge in [-0.3, -0.25) is 0 Å². The highest BCUT2D eigenvalue weighted by molar-refractivity contribution is 5.60. The van der Waals surface area contributed by atoms with Crippen molar-refractivity contribution in [1.82, 2.24) is 0 Å². The number of carboxylic acid groups (broad SMARTS) is 2. The molecule has 0 aromatic heterocycles. The first kappa shape index (κ1) is 10.6. The Labute approximate surface area is 79.2 Å². The Kier molecular flexibility index (Phi) is 3.13. The van der Waals surface area contributed by atoms with Gasteiger partial charge in [0.2, 0.25) is 0 Å². The zero-order valence-corrected chi connectivity index (χ0v) is 7.26. The summed E-state index contributed by atoms with van der Waals surface area (Å²) in [6.45, 7) is 0.418. The second kappa shape index (κ2) is 4.14. The normalized spacial score (nSPS) is 19.7. The van der Waals surface area contributed by atoms with E-state index in [0.29, 0.717) is 0 Å². The lowest BCUT2D eigenvalue weighted by Crippen LogP contribution is -2.44. The van der Waals surface area contributed by atoms with Crippen molar-refractivity contribution in [3.8, 4) is 0 Å². The van der Waals surface area contributed by atoms with Crippen LogP contribution in [0.2, 0.25) is 0 Å². The molecule has 1 fully saturated rings. The van der Waals surface area contributed by atoms with Gasteiger partial charge in [0.15, 0.2) is 0 Å². The summed E-state index contributed by atoms with van der Waals surface area (Å²) in [6.07, 6.45) is -2.97. The number of rotatable bonds is 2. The monoisotopic (exact) mass is 206 g/mol. The van der Waals surface area contributed by atoms with Gasteiger partial charge in [-0.1, -0.05) is 0 Å². The van der Waals surface area contributed by atoms with Crippen LogP contribution in [0.5, 0.6) is 0 Å². The third-order valence-corrected chi connectivity index (χ3v) is 1.80. The lowest BCUT2D eigenvalue weighted by Gasteiger charge is -2.33. The fourth-order valence-corrected chi connectivity index (χ4v) is 1.23. The van der Waals surface area contributed by atoms with E-state index in [9.17, 15) is 9.59 Å². The maximum atomic E-state index is 10.3. The molecule has 0 aromatic carbocycles. The molecule has 2 N–H and O–H groups in total. The van der Waals surface area contributed by atoms with Crippen molar-refractivity contribution < 1.29 is 34.0 Å². The van der Waals surface area contributed by atoms with Crippen LogP contribution in [0.25, 0.3) is 0 Å². The quantitative estimate of drug-likeness (QED) is 0.510. The molecule has 0 aromatic rings. The Hall–Kier alpha value is -1.50. The summed E-state index contributed by atoms with van der Waals surface area (Å²) in [5.74, 6) is -1.60. The zero-order chi connectivity index (χ0) is 10.6. The van der Waals surface area contributed by atoms with E-state index in [-0.39, 0.29) is 26.1 Å². The van der Waals surface area contributed by atoms with Gasteiger partial charge in [0.05, 0.1) is 13.2 Å². The summed E-state index contributed by atoms with van der Waals surface area (Å²) < 4.78 is 13.8. The van der Waals surface area contributed by atoms with Gasteiger partial charge in [-0.05, 0) is 0 Å². The van der Waals surface area contributed by atoms with Crippen molar-refractivity contribution in [2.75, 3.05) is 13.2 Å². The molecular formula is C7H10O7. The lowest BCUT2D eigenvalue weighted by molar-refractivity contribution is -0.219. The molecule has 1 aliphatic rings. The summed E-state index contributed by atoms with van der Waals surface area (Å²) in [4.78, 5) is 20.6. The molecule has 1 saturated heterocycles. The molecule has 0 atom stereocenters. The van der Waals surface area contributed by atoms with Crippen LogP contribution < -0.4 is 0 Å². The van der Waals surface area contributed by atoms with Crippen LogP contribution >= 0.6 is 0 Å². The van der Waals surface area contributed by atoms with Gasteiger partial charge in [-0.25, -0.2) is 9.59 Å². The SMILES string of the molecule is O=C(O)OC1(OC(=O)O)CCOCC1. The summed E-state index contributed by atoms with van der Waals surface area (Å²) in [7, 11) is 0. The Morgan fingerprint density at radius 3 is 1.86 bits per heavy atom. The average Bonchev–Trinajstić information content (AvgIpc) is 2.01. The van der Waals surface area contributed by atoms with Crippen LogP contribution in [0.4, 0.5) is 9.59 Å². The topological polar surface area (TPSA) is 102 Å². The first-order chi connectivity index (χ1) is 6.54. The molecule has 0 bridgehead atoms. The lowest BCUT2D eigenvalue weighted by atomic mass is 10.1. The first-order valence-electron chi connectivity index (χ1n) is 3.96. The molecule has 7 heteroatoms. The molecule has 14 heavy (non-hydrogen) atoms. The summed E-state index contributed by atoms with van der Waals surface area (Å²) in [5, 5.41) is 16.8. The van der Waals surface area contributed by atoms with Crippen molar-refractivity contribution >= 4 is 12.3 Å². The zero-order valence-electron chi connectivity index (χ0n) is 7.26. The highest BCUT2D eigenvalue weighted by atomic mass is 16.8. The van der Waals surface area contributed by atoms with Crippen LogP contribution in [-0.4, -0.2) is 41.5 Å². The van der Waals surface area contributed by atoms with Crippen molar-refractivity contribution in [1.29, 1.82) is 0 Å². The fraction of sp³-hybridized carbons (Fsp3) is 0.714. The Morgan fingerprint density at radius 2 is 1.50 bits per heavy atom. The van der Waals surface area contributed by atoms with E-state index in [0.717, 1.165) is 0 Å². The van der Waals surface area contributed by atoms with E-state index in [1.54, 1.807) is 0 Å². The molecule has 0 radical (unpaired) electrons. The largest absolute Gasteiger partial charge is 0.509 e. The molecule has 0 unspecified atom stereocenters. The molecule has 0 saturated carbocycles. The van der Waals surface area contributed by atoms with Gasteiger partial charge >= 0.3 is 12.3 Å². The van der Waals surface area contributed by atoms with Crippen molar-refractivity contribution in [3.63, 3.8) is 0 Å². The minimum Gasteiger partial charge on any atom is -0.450 e. The van der Waals surface area contributed by atoms with Gasteiger partial charge < -0.3 is 24.4 Å². The predicted octanol–water partition coefficient (Wildman–Crippen LogP) is 0.882. The molecule has 1 rings (SSSR count). The van der Waals surface area contributed by atoms with Gasteiger partial charge in [0.25, 0.3) is 5.79 Å². The molecule has 0 spiro atoms.